The predicted octanol–water partition coefficient (Wildman–Crippen LogP) is 2.55. The van der Waals surface area contributed by atoms with E-state index in [-0.39, 0.29) is 6.10 Å². The van der Waals surface area contributed by atoms with E-state index in [0.29, 0.717) is 13.2 Å². The van der Waals surface area contributed by atoms with Crippen molar-refractivity contribution in [1.29, 1.82) is 0 Å². The normalized spacial score (nSPS) is 20.3. The first-order chi connectivity index (χ1) is 7.34. The van der Waals surface area contributed by atoms with Gasteiger partial charge in [0.15, 0.2) is 0 Å². The Morgan fingerprint density at radius 2 is 2.07 bits per heavy atom. The van der Waals surface area contributed by atoms with Gasteiger partial charge in [-0.2, -0.15) is 0 Å². The third-order valence-corrected chi connectivity index (χ3v) is 2.40. The summed E-state index contributed by atoms with van der Waals surface area (Å²) in [4.78, 5) is 0. The topological polar surface area (TPSA) is 18.5 Å². The first kappa shape index (κ1) is 10.4. The molecule has 0 aliphatic carbocycles. The molecule has 0 spiro atoms. The van der Waals surface area contributed by atoms with Crippen LogP contribution in [-0.2, 0) is 16.1 Å². The van der Waals surface area contributed by atoms with Gasteiger partial charge in [-0.1, -0.05) is 36.4 Å². The minimum atomic E-state index is 0.250. The quantitative estimate of drug-likeness (QED) is 0.702. The summed E-state index contributed by atoms with van der Waals surface area (Å²) in [5, 5.41) is 0. The van der Waals surface area contributed by atoms with Crippen molar-refractivity contribution in [3.8, 4) is 0 Å². The molecule has 80 valence electrons. The Bertz CT molecular complexity index is 330. The van der Waals surface area contributed by atoms with Gasteiger partial charge in [-0.15, -0.1) is 0 Å². The van der Waals surface area contributed by atoms with E-state index in [0.717, 1.165) is 6.61 Å². The van der Waals surface area contributed by atoms with Gasteiger partial charge in [0.2, 0.25) is 0 Å². The lowest BCUT2D eigenvalue weighted by Crippen LogP contribution is -2.00. The van der Waals surface area contributed by atoms with Gasteiger partial charge >= 0.3 is 0 Å². The third kappa shape index (κ3) is 3.18. The molecule has 1 aromatic rings. The predicted molar refractivity (Wildman–Crippen MR) is 59.6 cm³/mol. The zero-order valence-corrected chi connectivity index (χ0v) is 8.98. The molecule has 0 saturated heterocycles. The molecule has 1 aliphatic heterocycles. The van der Waals surface area contributed by atoms with Gasteiger partial charge in [0.1, 0.15) is 0 Å². The van der Waals surface area contributed by atoms with Crippen molar-refractivity contribution in [2.45, 2.75) is 19.6 Å². The van der Waals surface area contributed by atoms with Crippen LogP contribution in [0.5, 0.6) is 0 Å². The first-order valence-electron chi connectivity index (χ1n) is 5.27. The highest BCUT2D eigenvalue weighted by Crippen LogP contribution is 2.12. The van der Waals surface area contributed by atoms with E-state index >= 15 is 0 Å². The van der Waals surface area contributed by atoms with Crippen molar-refractivity contribution in [3.63, 3.8) is 0 Å². The maximum absolute atomic E-state index is 5.60. The highest BCUT2D eigenvalue weighted by Gasteiger charge is 2.10. The highest BCUT2D eigenvalue weighted by molar-refractivity contribution is 5.14. The van der Waals surface area contributed by atoms with E-state index in [2.05, 4.69) is 18.2 Å². The van der Waals surface area contributed by atoms with Crippen molar-refractivity contribution < 1.29 is 9.47 Å². The lowest BCUT2D eigenvalue weighted by Gasteiger charge is -2.04. The van der Waals surface area contributed by atoms with Gasteiger partial charge in [0.25, 0.3) is 0 Å². The Kier molecular flexibility index (Phi) is 3.54. The van der Waals surface area contributed by atoms with Crippen LogP contribution in [0.3, 0.4) is 0 Å². The zero-order valence-electron chi connectivity index (χ0n) is 8.98. The van der Waals surface area contributed by atoms with Crippen molar-refractivity contribution in [3.05, 3.63) is 47.5 Å². The van der Waals surface area contributed by atoms with Gasteiger partial charge in [-0.3, -0.25) is 0 Å². The summed E-state index contributed by atoms with van der Waals surface area (Å²) < 4.78 is 11.0. The molecule has 2 nitrogen and oxygen atoms in total. The van der Waals surface area contributed by atoms with Crippen LogP contribution in [-0.4, -0.2) is 19.3 Å². The lowest BCUT2D eigenvalue weighted by atomic mass is 10.2. The molecule has 0 saturated carbocycles. The molecule has 1 aromatic carbocycles. The van der Waals surface area contributed by atoms with Crippen LogP contribution in [0.15, 0.2) is 42.0 Å². The Balaban J connectivity index is 1.74. The fraction of sp³-hybridized carbons (Fsp3) is 0.385. The molecular formula is C13H16O2. The maximum Gasteiger partial charge on any atom is 0.0736 e. The summed E-state index contributed by atoms with van der Waals surface area (Å²) in [6.45, 7) is 4.12. The SMILES string of the molecule is CC1C=C(COCc2ccccc2)CO1. The standard InChI is InChI=1S/C13H16O2/c1-11-7-13(10-15-11)9-14-8-12-5-3-2-4-6-12/h2-7,11H,8-10H2,1H3. The monoisotopic (exact) mass is 204 g/mol. The smallest absolute Gasteiger partial charge is 0.0736 e. The van der Waals surface area contributed by atoms with Crippen LogP contribution < -0.4 is 0 Å². The largest absolute Gasteiger partial charge is 0.372 e. The van der Waals surface area contributed by atoms with Crippen LogP contribution in [0.1, 0.15) is 12.5 Å². The van der Waals surface area contributed by atoms with E-state index in [1.54, 1.807) is 0 Å². The van der Waals surface area contributed by atoms with E-state index < -0.39 is 0 Å². The van der Waals surface area contributed by atoms with Gasteiger partial charge in [-0.05, 0) is 18.1 Å². The van der Waals surface area contributed by atoms with Crippen LogP contribution in [0, 0.1) is 0 Å². The molecule has 0 N–H and O–H groups in total. The van der Waals surface area contributed by atoms with Gasteiger partial charge in [-0.25, -0.2) is 0 Å². The molecule has 2 rings (SSSR count). The van der Waals surface area contributed by atoms with E-state index in [1.807, 2.05) is 25.1 Å². The molecule has 1 aliphatic rings. The lowest BCUT2D eigenvalue weighted by molar-refractivity contribution is 0.114. The highest BCUT2D eigenvalue weighted by atomic mass is 16.5. The Morgan fingerprint density at radius 3 is 2.73 bits per heavy atom. The van der Waals surface area contributed by atoms with Crippen LogP contribution in [0.25, 0.3) is 0 Å². The average molecular weight is 204 g/mol. The second-order valence-electron chi connectivity index (χ2n) is 3.82. The molecule has 0 radical (unpaired) electrons. The molecule has 0 bridgehead atoms. The summed E-state index contributed by atoms with van der Waals surface area (Å²) >= 11 is 0. The van der Waals surface area contributed by atoms with Gasteiger partial charge < -0.3 is 9.47 Å². The molecule has 1 unspecified atom stereocenters. The number of benzene rings is 1. The summed E-state index contributed by atoms with van der Waals surface area (Å²) in [5.41, 5.74) is 2.46. The maximum atomic E-state index is 5.60. The summed E-state index contributed by atoms with van der Waals surface area (Å²) in [6.07, 6.45) is 2.38. The van der Waals surface area contributed by atoms with E-state index in [1.165, 1.54) is 11.1 Å². The van der Waals surface area contributed by atoms with Crippen LogP contribution in [0.4, 0.5) is 0 Å². The minimum Gasteiger partial charge on any atom is -0.372 e. The van der Waals surface area contributed by atoms with Crippen LogP contribution in [0.2, 0.25) is 0 Å². The average Bonchev–Trinajstić information content (AvgIpc) is 2.66. The van der Waals surface area contributed by atoms with Gasteiger partial charge in [0.05, 0.1) is 25.9 Å². The number of hydrogen-bond acceptors (Lipinski definition) is 2. The van der Waals surface area contributed by atoms with Crippen molar-refractivity contribution >= 4 is 0 Å². The summed E-state index contributed by atoms with van der Waals surface area (Å²) in [7, 11) is 0. The number of hydrogen-bond donors (Lipinski definition) is 0. The fourth-order valence-corrected chi connectivity index (χ4v) is 1.63. The molecule has 0 aromatic heterocycles. The van der Waals surface area contributed by atoms with Crippen molar-refractivity contribution in [2.24, 2.45) is 0 Å². The third-order valence-electron chi connectivity index (χ3n) is 2.40. The van der Waals surface area contributed by atoms with Crippen LogP contribution >= 0.6 is 0 Å². The van der Waals surface area contributed by atoms with Gasteiger partial charge in [0, 0.05) is 0 Å². The zero-order chi connectivity index (χ0) is 10.5. The Morgan fingerprint density at radius 1 is 1.27 bits per heavy atom. The number of ether oxygens (including phenoxy) is 2. The van der Waals surface area contributed by atoms with Crippen molar-refractivity contribution in [1.82, 2.24) is 0 Å². The molecule has 0 amide bonds. The van der Waals surface area contributed by atoms with E-state index in [4.69, 9.17) is 9.47 Å². The molecule has 2 heteroatoms. The number of rotatable bonds is 4. The van der Waals surface area contributed by atoms with E-state index in [9.17, 15) is 0 Å². The molecular weight excluding hydrogens is 188 g/mol. The summed E-state index contributed by atoms with van der Waals surface area (Å²) in [6, 6.07) is 10.2. The molecule has 0 fully saturated rings. The first-order valence-corrected chi connectivity index (χ1v) is 5.27. The Labute approximate surface area is 90.5 Å². The minimum absolute atomic E-state index is 0.250. The second kappa shape index (κ2) is 5.10. The molecule has 1 heterocycles. The van der Waals surface area contributed by atoms with Crippen molar-refractivity contribution in [2.75, 3.05) is 13.2 Å². The molecule has 15 heavy (non-hydrogen) atoms. The second-order valence-corrected chi connectivity index (χ2v) is 3.82. The molecule has 1 atom stereocenters. The fourth-order valence-electron chi connectivity index (χ4n) is 1.63. The Hall–Kier alpha value is -1.12. The summed E-state index contributed by atoms with van der Waals surface area (Å²) in [5.74, 6) is 0.